The Kier molecular flexibility index (Phi) is 2.84. The summed E-state index contributed by atoms with van der Waals surface area (Å²) in [6, 6.07) is 7.12. The van der Waals surface area contributed by atoms with Gasteiger partial charge in [0.05, 0.1) is 5.69 Å². The molecule has 5 nitrogen and oxygen atoms in total. The Morgan fingerprint density at radius 2 is 2.15 bits per heavy atom. The van der Waals surface area contributed by atoms with Crippen LogP contribution in [0.3, 0.4) is 0 Å². The second-order valence-electron chi connectivity index (χ2n) is 5.02. The van der Waals surface area contributed by atoms with Crippen molar-refractivity contribution < 1.29 is 9.90 Å². The molecular formula is C14H14ClN3O2. The first-order chi connectivity index (χ1) is 9.43. The summed E-state index contributed by atoms with van der Waals surface area (Å²) in [5.41, 5.74) is 1.00. The Bertz CT molecular complexity index is 710. The molecule has 1 aliphatic heterocycles. The SMILES string of the molecule is Cc1nn(C)c(Cl)c1CC1(O)C(=O)Nc2ccccc21. The number of hydrogen-bond acceptors (Lipinski definition) is 3. The highest BCUT2D eigenvalue weighted by Crippen LogP contribution is 2.39. The predicted molar refractivity (Wildman–Crippen MR) is 75.6 cm³/mol. The third kappa shape index (κ3) is 1.74. The quantitative estimate of drug-likeness (QED) is 0.886. The van der Waals surface area contributed by atoms with Crippen LogP contribution < -0.4 is 5.32 Å². The van der Waals surface area contributed by atoms with E-state index in [9.17, 15) is 9.90 Å². The summed E-state index contributed by atoms with van der Waals surface area (Å²) < 4.78 is 1.54. The van der Waals surface area contributed by atoms with Gasteiger partial charge in [-0.05, 0) is 13.0 Å². The number of para-hydroxylation sites is 1. The molecular weight excluding hydrogens is 278 g/mol. The van der Waals surface area contributed by atoms with Crippen LogP contribution in [-0.4, -0.2) is 20.8 Å². The third-order valence-electron chi connectivity index (χ3n) is 3.70. The van der Waals surface area contributed by atoms with E-state index in [0.29, 0.717) is 27.7 Å². The molecule has 0 fully saturated rings. The van der Waals surface area contributed by atoms with Gasteiger partial charge in [0.25, 0.3) is 5.91 Å². The molecule has 6 heteroatoms. The number of carbonyl (C=O) groups excluding carboxylic acids is 1. The summed E-state index contributed by atoms with van der Waals surface area (Å²) in [7, 11) is 1.73. The molecule has 2 aromatic rings. The molecule has 1 aromatic carbocycles. The number of aryl methyl sites for hydroxylation is 2. The fourth-order valence-electron chi connectivity index (χ4n) is 2.61. The normalized spacial score (nSPS) is 20.9. The number of aromatic nitrogens is 2. The Morgan fingerprint density at radius 3 is 2.80 bits per heavy atom. The molecule has 1 amide bonds. The van der Waals surface area contributed by atoms with E-state index in [4.69, 9.17) is 11.6 Å². The van der Waals surface area contributed by atoms with Gasteiger partial charge in [0.2, 0.25) is 0 Å². The maximum absolute atomic E-state index is 12.2. The van der Waals surface area contributed by atoms with Gasteiger partial charge in [-0.2, -0.15) is 5.10 Å². The van der Waals surface area contributed by atoms with E-state index in [-0.39, 0.29) is 6.42 Å². The van der Waals surface area contributed by atoms with Gasteiger partial charge in [-0.3, -0.25) is 9.48 Å². The molecule has 0 radical (unpaired) electrons. The first-order valence-corrected chi connectivity index (χ1v) is 6.62. The molecule has 2 heterocycles. The number of anilines is 1. The Balaban J connectivity index is 2.07. The lowest BCUT2D eigenvalue weighted by Crippen LogP contribution is -2.36. The highest BCUT2D eigenvalue weighted by molar-refractivity contribution is 6.30. The van der Waals surface area contributed by atoms with Gasteiger partial charge in [0.1, 0.15) is 5.15 Å². The second kappa shape index (κ2) is 4.33. The highest BCUT2D eigenvalue weighted by atomic mass is 35.5. The predicted octanol–water partition coefficient (Wildman–Crippen LogP) is 1.76. The molecule has 3 rings (SSSR count). The zero-order valence-corrected chi connectivity index (χ0v) is 11.9. The van der Waals surface area contributed by atoms with E-state index in [1.54, 1.807) is 25.2 Å². The van der Waals surface area contributed by atoms with Crippen molar-refractivity contribution in [2.45, 2.75) is 18.9 Å². The van der Waals surface area contributed by atoms with Crippen LogP contribution >= 0.6 is 11.6 Å². The lowest BCUT2D eigenvalue weighted by atomic mass is 9.88. The van der Waals surface area contributed by atoms with Crippen LogP contribution in [0.5, 0.6) is 0 Å². The fourth-order valence-corrected chi connectivity index (χ4v) is 2.85. The Morgan fingerprint density at radius 1 is 1.45 bits per heavy atom. The van der Waals surface area contributed by atoms with Crippen LogP contribution in [0.15, 0.2) is 24.3 Å². The van der Waals surface area contributed by atoms with Gasteiger partial charge in [0.15, 0.2) is 5.60 Å². The molecule has 0 aliphatic carbocycles. The van der Waals surface area contributed by atoms with Crippen molar-refractivity contribution in [3.05, 3.63) is 46.2 Å². The van der Waals surface area contributed by atoms with Crippen molar-refractivity contribution in [1.82, 2.24) is 9.78 Å². The lowest BCUT2D eigenvalue weighted by Gasteiger charge is -2.20. The van der Waals surface area contributed by atoms with Crippen molar-refractivity contribution in [2.24, 2.45) is 7.05 Å². The summed E-state index contributed by atoms with van der Waals surface area (Å²) in [6.45, 7) is 1.81. The number of aliphatic hydroxyl groups is 1. The molecule has 20 heavy (non-hydrogen) atoms. The maximum Gasteiger partial charge on any atom is 0.261 e. The first kappa shape index (κ1) is 13.1. The molecule has 1 aromatic heterocycles. The Labute approximate surface area is 121 Å². The Hall–Kier alpha value is -1.85. The van der Waals surface area contributed by atoms with Gasteiger partial charge in [-0.25, -0.2) is 0 Å². The number of rotatable bonds is 2. The van der Waals surface area contributed by atoms with Gasteiger partial charge < -0.3 is 10.4 Å². The van der Waals surface area contributed by atoms with Crippen LogP contribution in [0.2, 0.25) is 5.15 Å². The van der Waals surface area contributed by atoms with Crippen LogP contribution in [0.1, 0.15) is 16.8 Å². The van der Waals surface area contributed by atoms with Crippen molar-refractivity contribution in [3.8, 4) is 0 Å². The van der Waals surface area contributed by atoms with Crippen molar-refractivity contribution in [2.75, 3.05) is 5.32 Å². The standard InChI is InChI=1S/C14H14ClN3O2/c1-8-9(12(15)18(2)17-8)7-14(20)10-5-3-4-6-11(10)16-13(14)19/h3-6,20H,7H2,1-2H3,(H,16,19). The minimum absolute atomic E-state index is 0.106. The monoisotopic (exact) mass is 291 g/mol. The molecule has 0 saturated heterocycles. The zero-order chi connectivity index (χ0) is 14.5. The largest absolute Gasteiger partial charge is 0.375 e. The number of carbonyl (C=O) groups is 1. The minimum atomic E-state index is -1.60. The second-order valence-corrected chi connectivity index (χ2v) is 5.37. The van der Waals surface area contributed by atoms with Crippen LogP contribution in [0.4, 0.5) is 5.69 Å². The van der Waals surface area contributed by atoms with Crippen LogP contribution in [-0.2, 0) is 23.9 Å². The smallest absolute Gasteiger partial charge is 0.261 e. The van der Waals surface area contributed by atoms with Gasteiger partial charge in [-0.15, -0.1) is 0 Å². The van der Waals surface area contributed by atoms with Gasteiger partial charge >= 0.3 is 0 Å². The average Bonchev–Trinajstić information content (AvgIpc) is 2.80. The van der Waals surface area contributed by atoms with Crippen molar-refractivity contribution in [3.63, 3.8) is 0 Å². The van der Waals surface area contributed by atoms with E-state index in [0.717, 1.165) is 0 Å². The lowest BCUT2D eigenvalue weighted by molar-refractivity contribution is -0.133. The molecule has 2 N–H and O–H groups in total. The topological polar surface area (TPSA) is 67.1 Å². The molecule has 0 spiro atoms. The number of fused-ring (bicyclic) bond motifs is 1. The third-order valence-corrected chi connectivity index (χ3v) is 4.17. The van der Waals surface area contributed by atoms with E-state index >= 15 is 0 Å². The van der Waals surface area contributed by atoms with Crippen molar-refractivity contribution in [1.29, 1.82) is 0 Å². The molecule has 0 bridgehead atoms. The number of nitrogens with zero attached hydrogens (tertiary/aromatic N) is 2. The molecule has 1 atom stereocenters. The summed E-state index contributed by atoms with van der Waals surface area (Å²) in [4.78, 5) is 12.2. The van der Waals surface area contributed by atoms with E-state index in [1.165, 1.54) is 4.68 Å². The van der Waals surface area contributed by atoms with E-state index < -0.39 is 11.5 Å². The average molecular weight is 292 g/mol. The number of benzene rings is 1. The number of amides is 1. The maximum atomic E-state index is 12.2. The molecule has 1 unspecified atom stereocenters. The number of halogens is 1. The summed E-state index contributed by atoms with van der Waals surface area (Å²) in [6.07, 6.45) is 0.106. The number of hydrogen-bond donors (Lipinski definition) is 2. The minimum Gasteiger partial charge on any atom is -0.375 e. The van der Waals surface area contributed by atoms with Crippen LogP contribution in [0, 0.1) is 6.92 Å². The van der Waals surface area contributed by atoms with Crippen molar-refractivity contribution >= 4 is 23.2 Å². The highest BCUT2D eigenvalue weighted by Gasteiger charge is 2.46. The fraction of sp³-hybridized carbons (Fsp3) is 0.286. The van der Waals surface area contributed by atoms with Gasteiger partial charge in [0, 0.05) is 30.3 Å². The van der Waals surface area contributed by atoms with Crippen LogP contribution in [0.25, 0.3) is 0 Å². The van der Waals surface area contributed by atoms with E-state index in [1.807, 2.05) is 13.0 Å². The first-order valence-electron chi connectivity index (χ1n) is 6.25. The zero-order valence-electron chi connectivity index (χ0n) is 11.1. The summed E-state index contributed by atoms with van der Waals surface area (Å²) in [5.74, 6) is -0.432. The number of nitrogens with one attached hydrogen (secondary N) is 1. The molecule has 104 valence electrons. The summed E-state index contributed by atoms with van der Waals surface area (Å²) >= 11 is 6.19. The molecule has 1 aliphatic rings. The molecule has 0 saturated carbocycles. The van der Waals surface area contributed by atoms with Gasteiger partial charge in [-0.1, -0.05) is 29.8 Å². The summed E-state index contributed by atoms with van der Waals surface area (Å²) in [5, 5.41) is 18.2. The van der Waals surface area contributed by atoms with E-state index in [2.05, 4.69) is 10.4 Å².